The molecular weight excluding hydrogens is 182 g/mol. The second kappa shape index (κ2) is 2.32. The number of thiocarbonyl (C=S) groups is 1. The van der Waals surface area contributed by atoms with Crippen LogP contribution < -0.4 is 0 Å². The Morgan fingerprint density at radius 1 is 1.46 bits per heavy atom. The first kappa shape index (κ1) is 9.13. The Morgan fingerprint density at radius 2 is 2.08 bits per heavy atom. The fourth-order valence-corrected chi connectivity index (χ4v) is 3.66. The number of hydrogen-bond acceptors (Lipinski definition) is 3. The van der Waals surface area contributed by atoms with Crippen LogP contribution in [0, 0.1) is 16.7 Å². The highest BCUT2D eigenvalue weighted by Crippen LogP contribution is 2.62. The van der Waals surface area contributed by atoms with Gasteiger partial charge in [-0.3, -0.25) is 0 Å². The third-order valence-corrected chi connectivity index (χ3v) is 4.88. The monoisotopic (exact) mass is 197 g/mol. The van der Waals surface area contributed by atoms with Gasteiger partial charge in [-0.15, -0.1) is 0 Å². The molecule has 2 saturated carbocycles. The van der Waals surface area contributed by atoms with Crippen LogP contribution in [0.15, 0.2) is 5.16 Å². The predicted octanol–water partition coefficient (Wildman–Crippen LogP) is 2.64. The minimum Gasteiger partial charge on any atom is -0.411 e. The summed E-state index contributed by atoms with van der Waals surface area (Å²) in [5.41, 5.74) is 0.943. The molecule has 2 unspecified atom stereocenters. The lowest BCUT2D eigenvalue weighted by Gasteiger charge is -2.33. The SMILES string of the molecule is CC12CCC(C(=S)/C1=N\O)C2(C)C. The average molecular weight is 197 g/mol. The quantitative estimate of drug-likeness (QED) is 0.368. The maximum absolute atomic E-state index is 8.96. The molecule has 0 heterocycles. The first-order valence-electron chi connectivity index (χ1n) is 4.72. The van der Waals surface area contributed by atoms with E-state index in [1.165, 1.54) is 0 Å². The fraction of sp³-hybridized carbons (Fsp3) is 0.800. The van der Waals surface area contributed by atoms with E-state index < -0.39 is 0 Å². The Kier molecular flexibility index (Phi) is 1.63. The molecule has 2 aliphatic rings. The van der Waals surface area contributed by atoms with E-state index >= 15 is 0 Å². The Bertz CT molecular complexity index is 308. The number of fused-ring (bicyclic) bond motifs is 2. The van der Waals surface area contributed by atoms with Gasteiger partial charge in [0.1, 0.15) is 5.71 Å². The Balaban J connectivity index is 2.59. The van der Waals surface area contributed by atoms with E-state index in [0.717, 1.165) is 23.4 Å². The van der Waals surface area contributed by atoms with Crippen LogP contribution in [0.3, 0.4) is 0 Å². The van der Waals surface area contributed by atoms with Crippen LogP contribution in [0.25, 0.3) is 0 Å². The van der Waals surface area contributed by atoms with E-state index in [2.05, 4.69) is 25.9 Å². The molecular formula is C10H15NOS. The molecule has 1 N–H and O–H groups in total. The summed E-state index contributed by atoms with van der Waals surface area (Å²) in [4.78, 5) is 0.890. The van der Waals surface area contributed by atoms with Crippen molar-refractivity contribution in [3.05, 3.63) is 0 Å². The highest BCUT2D eigenvalue weighted by molar-refractivity contribution is 7.82. The van der Waals surface area contributed by atoms with Crippen LogP contribution in [0.5, 0.6) is 0 Å². The zero-order chi connectivity index (χ0) is 9.85. The fourth-order valence-electron chi connectivity index (χ4n) is 2.98. The van der Waals surface area contributed by atoms with Gasteiger partial charge in [0.05, 0.1) is 0 Å². The lowest BCUT2D eigenvalue weighted by Crippen LogP contribution is -2.33. The second-order valence-electron chi connectivity index (χ2n) is 4.96. The third-order valence-electron chi connectivity index (χ3n) is 4.40. The summed E-state index contributed by atoms with van der Waals surface area (Å²) in [6, 6.07) is 0. The average Bonchev–Trinajstić information content (AvgIpc) is 2.32. The molecule has 0 amide bonds. The lowest BCUT2D eigenvalue weighted by molar-refractivity contribution is 0.201. The zero-order valence-electron chi connectivity index (χ0n) is 8.29. The molecule has 2 rings (SSSR count). The maximum Gasteiger partial charge on any atom is 0.100 e. The van der Waals surface area contributed by atoms with E-state index in [4.69, 9.17) is 17.4 Å². The standard InChI is InChI=1S/C10H15NOS/c1-9(2)6-4-5-10(9,3)8(11-12)7(6)13/h6,12H,4-5H2,1-3H3/b11-8+. The predicted molar refractivity (Wildman–Crippen MR) is 56.4 cm³/mol. The van der Waals surface area contributed by atoms with E-state index in [1.54, 1.807) is 0 Å². The zero-order valence-corrected chi connectivity index (χ0v) is 9.11. The number of hydrogen-bond donors (Lipinski definition) is 1. The molecule has 3 heteroatoms. The van der Waals surface area contributed by atoms with Crippen LogP contribution in [0.1, 0.15) is 33.6 Å². The summed E-state index contributed by atoms with van der Waals surface area (Å²) in [5.74, 6) is 0.443. The second-order valence-corrected chi connectivity index (χ2v) is 5.40. The van der Waals surface area contributed by atoms with Crippen molar-refractivity contribution in [2.24, 2.45) is 21.9 Å². The van der Waals surface area contributed by atoms with Gasteiger partial charge in [0.25, 0.3) is 0 Å². The molecule has 0 aromatic heterocycles. The molecule has 2 bridgehead atoms. The van der Waals surface area contributed by atoms with Crippen LogP contribution >= 0.6 is 12.2 Å². The topological polar surface area (TPSA) is 32.6 Å². The van der Waals surface area contributed by atoms with Crippen molar-refractivity contribution in [1.29, 1.82) is 0 Å². The van der Waals surface area contributed by atoms with Gasteiger partial charge in [0.15, 0.2) is 0 Å². The Hall–Kier alpha value is -0.440. The molecule has 13 heavy (non-hydrogen) atoms. The van der Waals surface area contributed by atoms with Crippen LogP contribution in [-0.4, -0.2) is 15.8 Å². The van der Waals surface area contributed by atoms with Crippen molar-refractivity contribution in [3.63, 3.8) is 0 Å². The molecule has 72 valence electrons. The van der Waals surface area contributed by atoms with E-state index in [1.807, 2.05) is 0 Å². The third kappa shape index (κ3) is 0.790. The lowest BCUT2D eigenvalue weighted by atomic mass is 9.70. The Labute approximate surface area is 84.0 Å². The molecule has 2 aliphatic carbocycles. The molecule has 2 fully saturated rings. The van der Waals surface area contributed by atoms with Crippen molar-refractivity contribution in [2.45, 2.75) is 33.6 Å². The summed E-state index contributed by atoms with van der Waals surface area (Å²) < 4.78 is 0. The van der Waals surface area contributed by atoms with Crippen LogP contribution in [-0.2, 0) is 0 Å². The Morgan fingerprint density at radius 3 is 2.38 bits per heavy atom. The summed E-state index contributed by atoms with van der Waals surface area (Å²) in [6.45, 7) is 6.63. The normalized spacial score (nSPS) is 44.7. The van der Waals surface area contributed by atoms with E-state index in [-0.39, 0.29) is 10.8 Å². The first-order chi connectivity index (χ1) is 5.95. The van der Waals surface area contributed by atoms with E-state index in [0.29, 0.717) is 5.92 Å². The molecule has 0 radical (unpaired) electrons. The van der Waals surface area contributed by atoms with Gasteiger partial charge < -0.3 is 5.21 Å². The van der Waals surface area contributed by atoms with Gasteiger partial charge in [-0.1, -0.05) is 38.1 Å². The molecule has 0 aromatic rings. The van der Waals surface area contributed by atoms with Gasteiger partial charge in [-0.2, -0.15) is 0 Å². The number of rotatable bonds is 0. The number of oxime groups is 1. The summed E-state index contributed by atoms with van der Waals surface area (Å²) >= 11 is 5.32. The number of nitrogens with zero attached hydrogens (tertiary/aromatic N) is 1. The van der Waals surface area contributed by atoms with Crippen LogP contribution in [0.2, 0.25) is 0 Å². The van der Waals surface area contributed by atoms with Gasteiger partial charge in [-0.05, 0) is 18.3 Å². The van der Waals surface area contributed by atoms with Crippen molar-refractivity contribution in [3.8, 4) is 0 Å². The van der Waals surface area contributed by atoms with Crippen molar-refractivity contribution in [1.82, 2.24) is 0 Å². The van der Waals surface area contributed by atoms with Gasteiger partial charge >= 0.3 is 0 Å². The highest BCUT2D eigenvalue weighted by atomic mass is 32.1. The molecule has 0 aromatic carbocycles. The first-order valence-corrected chi connectivity index (χ1v) is 5.13. The van der Waals surface area contributed by atoms with Crippen LogP contribution in [0.4, 0.5) is 0 Å². The molecule has 0 aliphatic heterocycles. The summed E-state index contributed by atoms with van der Waals surface area (Å²) in [5, 5.41) is 12.4. The minimum absolute atomic E-state index is 0.00347. The van der Waals surface area contributed by atoms with E-state index in [9.17, 15) is 0 Å². The van der Waals surface area contributed by atoms with Crippen molar-refractivity contribution in [2.75, 3.05) is 0 Å². The van der Waals surface area contributed by atoms with Gasteiger partial charge in [0.2, 0.25) is 0 Å². The van der Waals surface area contributed by atoms with Gasteiger partial charge in [-0.25, -0.2) is 0 Å². The van der Waals surface area contributed by atoms with Crippen molar-refractivity contribution >= 4 is 22.8 Å². The maximum atomic E-state index is 8.96. The summed E-state index contributed by atoms with van der Waals surface area (Å²) in [7, 11) is 0. The minimum atomic E-state index is 0.00347. The van der Waals surface area contributed by atoms with Crippen molar-refractivity contribution < 1.29 is 5.21 Å². The smallest absolute Gasteiger partial charge is 0.100 e. The highest BCUT2D eigenvalue weighted by Gasteiger charge is 2.63. The molecule has 0 saturated heterocycles. The van der Waals surface area contributed by atoms with Gasteiger partial charge in [0, 0.05) is 16.2 Å². The molecule has 2 atom stereocenters. The summed E-state index contributed by atoms with van der Waals surface area (Å²) in [6.07, 6.45) is 2.26. The molecule has 0 spiro atoms. The largest absolute Gasteiger partial charge is 0.411 e. The molecule has 2 nitrogen and oxygen atoms in total.